The summed E-state index contributed by atoms with van der Waals surface area (Å²) in [6.45, 7) is 0. The fourth-order valence-electron chi connectivity index (χ4n) is 1.24. The van der Waals surface area contributed by atoms with Gasteiger partial charge in [-0.3, -0.25) is 0 Å². The highest BCUT2D eigenvalue weighted by Crippen LogP contribution is 2.27. The maximum Gasteiger partial charge on any atom is 0.172 e. The van der Waals surface area contributed by atoms with E-state index in [4.69, 9.17) is 10.9 Å². The van der Waals surface area contributed by atoms with Gasteiger partial charge in [0, 0.05) is 16.9 Å². The van der Waals surface area contributed by atoms with Crippen LogP contribution >= 0.6 is 27.7 Å². The Balaban J connectivity index is 2.32. The van der Waals surface area contributed by atoms with Crippen LogP contribution in [0.1, 0.15) is 5.56 Å². The van der Waals surface area contributed by atoms with E-state index in [0.717, 1.165) is 9.50 Å². The van der Waals surface area contributed by atoms with Gasteiger partial charge < -0.3 is 10.9 Å². The van der Waals surface area contributed by atoms with Gasteiger partial charge in [0.05, 0.1) is 5.56 Å². The third-order valence-corrected chi connectivity index (χ3v) is 3.49. The second-order valence-corrected chi connectivity index (χ2v) is 5.18. The number of nitrogens with zero attached hydrogens (tertiary/aromatic N) is 3. The van der Waals surface area contributed by atoms with E-state index in [1.807, 2.05) is 12.1 Å². The van der Waals surface area contributed by atoms with Crippen LogP contribution in [-0.4, -0.2) is 21.0 Å². The Morgan fingerprint density at radius 1 is 1.33 bits per heavy atom. The summed E-state index contributed by atoms with van der Waals surface area (Å²) in [5.41, 5.74) is 6.17. The number of halogens is 1. The van der Waals surface area contributed by atoms with Gasteiger partial charge >= 0.3 is 0 Å². The molecule has 0 saturated carbocycles. The van der Waals surface area contributed by atoms with E-state index in [2.05, 4.69) is 31.1 Å². The number of hydrogen-bond donors (Lipinski definition) is 2. The number of rotatable bonds is 3. The normalized spacial score (nSPS) is 11.5. The van der Waals surface area contributed by atoms with Crippen molar-refractivity contribution in [3.8, 4) is 0 Å². The molecular formula is C11H9BrN4OS. The lowest BCUT2D eigenvalue weighted by molar-refractivity contribution is 0.318. The zero-order valence-electron chi connectivity index (χ0n) is 9.12. The predicted molar refractivity (Wildman–Crippen MR) is 72.8 cm³/mol. The molecule has 2 aromatic heterocycles. The van der Waals surface area contributed by atoms with Crippen LogP contribution < -0.4 is 5.73 Å². The van der Waals surface area contributed by atoms with Gasteiger partial charge in [-0.25, -0.2) is 9.97 Å². The Labute approximate surface area is 116 Å². The fraction of sp³-hybridized carbons (Fsp3) is 0. The van der Waals surface area contributed by atoms with Crippen LogP contribution in [0.5, 0.6) is 0 Å². The molecule has 0 aliphatic heterocycles. The van der Waals surface area contributed by atoms with Crippen molar-refractivity contribution in [2.75, 3.05) is 0 Å². The van der Waals surface area contributed by atoms with Gasteiger partial charge in [0.2, 0.25) is 0 Å². The maximum atomic E-state index is 8.72. The molecule has 0 aliphatic carbocycles. The summed E-state index contributed by atoms with van der Waals surface area (Å²) in [7, 11) is 0. The smallest absolute Gasteiger partial charge is 0.172 e. The van der Waals surface area contributed by atoms with Gasteiger partial charge in [0.25, 0.3) is 0 Å². The van der Waals surface area contributed by atoms with Gasteiger partial charge in [0.15, 0.2) is 5.84 Å². The highest BCUT2D eigenvalue weighted by Gasteiger charge is 2.10. The minimum absolute atomic E-state index is 0.0303. The maximum absolute atomic E-state index is 8.72. The van der Waals surface area contributed by atoms with Crippen molar-refractivity contribution in [2.45, 2.75) is 10.1 Å². The van der Waals surface area contributed by atoms with Crippen LogP contribution in [0.15, 0.2) is 56.3 Å². The van der Waals surface area contributed by atoms with Gasteiger partial charge in [-0.2, -0.15) is 0 Å². The van der Waals surface area contributed by atoms with E-state index in [0.29, 0.717) is 10.6 Å². The molecular weight excluding hydrogens is 316 g/mol. The zero-order valence-corrected chi connectivity index (χ0v) is 11.5. The standard InChI is InChI=1S/C11H9BrN4OS/c12-7-3-4-9(15-6-7)18-11-8(10(13)16-17)2-1-5-14-11/h1-6,17H,(H2,13,16). The van der Waals surface area contributed by atoms with E-state index in [1.54, 1.807) is 24.5 Å². The van der Waals surface area contributed by atoms with Crippen molar-refractivity contribution in [3.63, 3.8) is 0 Å². The van der Waals surface area contributed by atoms with Crippen LogP contribution in [-0.2, 0) is 0 Å². The van der Waals surface area contributed by atoms with Crippen LogP contribution in [0.25, 0.3) is 0 Å². The van der Waals surface area contributed by atoms with E-state index < -0.39 is 0 Å². The lowest BCUT2D eigenvalue weighted by Crippen LogP contribution is -2.14. The van der Waals surface area contributed by atoms with Gasteiger partial charge in [-0.1, -0.05) is 5.16 Å². The Morgan fingerprint density at radius 3 is 2.83 bits per heavy atom. The largest absolute Gasteiger partial charge is 0.409 e. The first kappa shape index (κ1) is 12.8. The van der Waals surface area contributed by atoms with E-state index >= 15 is 0 Å². The van der Waals surface area contributed by atoms with Gasteiger partial charge in [0.1, 0.15) is 10.1 Å². The molecule has 2 aromatic rings. The molecule has 92 valence electrons. The van der Waals surface area contributed by atoms with Crippen molar-refractivity contribution in [3.05, 3.63) is 46.7 Å². The summed E-state index contributed by atoms with van der Waals surface area (Å²) < 4.78 is 0.907. The molecule has 3 N–H and O–H groups in total. The Morgan fingerprint density at radius 2 is 2.17 bits per heavy atom. The minimum Gasteiger partial charge on any atom is -0.409 e. The third-order valence-electron chi connectivity index (χ3n) is 2.06. The van der Waals surface area contributed by atoms with E-state index in [1.165, 1.54) is 11.8 Å². The molecule has 0 aliphatic rings. The Kier molecular flexibility index (Phi) is 4.16. The van der Waals surface area contributed by atoms with E-state index in [-0.39, 0.29) is 5.84 Å². The first-order chi connectivity index (χ1) is 8.70. The molecule has 2 heterocycles. The summed E-state index contributed by atoms with van der Waals surface area (Å²) in [4.78, 5) is 8.44. The molecule has 7 heteroatoms. The first-order valence-electron chi connectivity index (χ1n) is 4.93. The summed E-state index contributed by atoms with van der Waals surface area (Å²) in [5.74, 6) is 0.0303. The first-order valence-corrected chi connectivity index (χ1v) is 6.54. The highest BCUT2D eigenvalue weighted by atomic mass is 79.9. The molecule has 0 amide bonds. The van der Waals surface area contributed by atoms with Crippen molar-refractivity contribution < 1.29 is 5.21 Å². The topological polar surface area (TPSA) is 84.4 Å². The van der Waals surface area contributed by atoms with Crippen LogP contribution in [0.3, 0.4) is 0 Å². The van der Waals surface area contributed by atoms with Crippen molar-refractivity contribution in [2.24, 2.45) is 10.9 Å². The summed E-state index contributed by atoms with van der Waals surface area (Å²) in [6.07, 6.45) is 3.35. The summed E-state index contributed by atoms with van der Waals surface area (Å²) in [6, 6.07) is 7.22. The van der Waals surface area contributed by atoms with Crippen molar-refractivity contribution in [1.29, 1.82) is 0 Å². The van der Waals surface area contributed by atoms with Gasteiger partial charge in [-0.05, 0) is 52.0 Å². The fourth-order valence-corrected chi connectivity index (χ4v) is 2.31. The highest BCUT2D eigenvalue weighted by molar-refractivity contribution is 9.10. The molecule has 0 radical (unpaired) electrons. The second kappa shape index (κ2) is 5.83. The molecule has 0 unspecified atom stereocenters. The number of aromatic nitrogens is 2. The average molecular weight is 325 g/mol. The predicted octanol–water partition coefficient (Wildman–Crippen LogP) is 2.48. The second-order valence-electron chi connectivity index (χ2n) is 3.26. The summed E-state index contributed by atoms with van der Waals surface area (Å²) in [5, 5.41) is 13.1. The Bertz CT molecular complexity index is 574. The molecule has 2 rings (SSSR count). The molecule has 0 spiro atoms. The average Bonchev–Trinajstić information content (AvgIpc) is 2.41. The van der Waals surface area contributed by atoms with E-state index in [9.17, 15) is 0 Å². The number of oxime groups is 1. The lowest BCUT2D eigenvalue weighted by atomic mass is 10.3. The molecule has 0 fully saturated rings. The van der Waals surface area contributed by atoms with Gasteiger partial charge in [-0.15, -0.1) is 0 Å². The summed E-state index contributed by atoms with van der Waals surface area (Å²) >= 11 is 4.67. The van der Waals surface area contributed by atoms with Crippen LogP contribution in [0.2, 0.25) is 0 Å². The third kappa shape index (κ3) is 2.99. The number of hydrogen-bond acceptors (Lipinski definition) is 5. The minimum atomic E-state index is 0.0303. The molecule has 0 bridgehead atoms. The van der Waals surface area contributed by atoms with Crippen LogP contribution in [0.4, 0.5) is 0 Å². The SMILES string of the molecule is N/C(=N/O)c1cccnc1Sc1ccc(Br)cn1. The Hall–Kier alpha value is -1.60. The van der Waals surface area contributed by atoms with Crippen molar-refractivity contribution >= 4 is 33.5 Å². The van der Waals surface area contributed by atoms with Crippen LogP contribution in [0, 0.1) is 0 Å². The zero-order chi connectivity index (χ0) is 13.0. The van der Waals surface area contributed by atoms with Crippen molar-refractivity contribution in [1.82, 2.24) is 9.97 Å². The monoisotopic (exact) mass is 324 g/mol. The molecule has 0 saturated heterocycles. The molecule has 5 nitrogen and oxygen atoms in total. The lowest BCUT2D eigenvalue weighted by Gasteiger charge is -2.05. The molecule has 18 heavy (non-hydrogen) atoms. The molecule has 0 atom stereocenters. The number of amidine groups is 1. The molecule has 0 aromatic carbocycles. The number of nitrogens with two attached hydrogens (primary N) is 1. The quantitative estimate of drug-likeness (QED) is 0.392. The number of pyridine rings is 2.